The molecule has 0 fully saturated rings. The van der Waals surface area contributed by atoms with Crippen molar-refractivity contribution in [3.63, 3.8) is 0 Å². The maximum Gasteiger partial charge on any atom is 0.416 e. The van der Waals surface area contributed by atoms with Crippen molar-refractivity contribution in [3.05, 3.63) is 65.2 Å². The monoisotopic (exact) mass is 378 g/mol. The molecule has 1 atom stereocenters. The Bertz CT molecular complexity index is 819. The maximum absolute atomic E-state index is 12.8. The summed E-state index contributed by atoms with van der Waals surface area (Å²) < 4.78 is 38.3. The zero-order valence-corrected chi connectivity index (χ0v) is 15.1. The van der Waals surface area contributed by atoms with Crippen molar-refractivity contribution < 1.29 is 22.8 Å². The number of rotatable bonds is 6. The highest BCUT2D eigenvalue weighted by atomic mass is 19.4. The van der Waals surface area contributed by atoms with Crippen LogP contribution in [0.25, 0.3) is 0 Å². The summed E-state index contributed by atoms with van der Waals surface area (Å²) >= 11 is 0. The fraction of sp³-hybridized carbons (Fsp3) is 0.300. The van der Waals surface area contributed by atoms with E-state index in [9.17, 15) is 22.8 Å². The number of benzene rings is 2. The van der Waals surface area contributed by atoms with Crippen LogP contribution in [0, 0.1) is 0 Å². The lowest BCUT2D eigenvalue weighted by Crippen LogP contribution is -2.32. The summed E-state index contributed by atoms with van der Waals surface area (Å²) in [6.45, 7) is 3.81. The average molecular weight is 378 g/mol. The van der Waals surface area contributed by atoms with Crippen molar-refractivity contribution in [1.82, 2.24) is 5.32 Å². The van der Waals surface area contributed by atoms with Gasteiger partial charge in [-0.1, -0.05) is 37.3 Å². The summed E-state index contributed by atoms with van der Waals surface area (Å²) in [5.41, 5.74) is 0.0514. The number of anilines is 1. The van der Waals surface area contributed by atoms with Gasteiger partial charge in [0.25, 0.3) is 5.91 Å². The maximum atomic E-state index is 12.8. The van der Waals surface area contributed by atoms with E-state index in [0.29, 0.717) is 11.3 Å². The Labute approximate surface area is 155 Å². The molecule has 7 heteroatoms. The number of amides is 2. The molecule has 2 amide bonds. The molecule has 2 N–H and O–H groups in total. The van der Waals surface area contributed by atoms with E-state index in [2.05, 4.69) is 10.6 Å². The van der Waals surface area contributed by atoms with Crippen LogP contribution in [0.3, 0.4) is 0 Å². The number of hydrogen-bond donors (Lipinski definition) is 2. The number of alkyl halides is 3. The lowest BCUT2D eigenvalue weighted by atomic mass is 10.1. The van der Waals surface area contributed by atoms with E-state index in [1.165, 1.54) is 12.1 Å². The van der Waals surface area contributed by atoms with E-state index in [1.54, 1.807) is 24.3 Å². The van der Waals surface area contributed by atoms with Gasteiger partial charge in [0.1, 0.15) is 0 Å². The van der Waals surface area contributed by atoms with Gasteiger partial charge in [-0.3, -0.25) is 9.59 Å². The Morgan fingerprint density at radius 1 is 1.07 bits per heavy atom. The second kappa shape index (κ2) is 8.70. The Morgan fingerprint density at radius 2 is 1.78 bits per heavy atom. The Kier molecular flexibility index (Phi) is 6.60. The molecule has 0 spiro atoms. The third-order valence-electron chi connectivity index (χ3n) is 4.05. The minimum Gasteiger partial charge on any atom is -0.350 e. The van der Waals surface area contributed by atoms with Gasteiger partial charge in [0, 0.05) is 6.04 Å². The van der Waals surface area contributed by atoms with Crippen LogP contribution >= 0.6 is 0 Å². The van der Waals surface area contributed by atoms with Gasteiger partial charge in [-0.25, -0.2) is 0 Å². The van der Waals surface area contributed by atoms with Gasteiger partial charge >= 0.3 is 6.18 Å². The van der Waals surface area contributed by atoms with Crippen molar-refractivity contribution in [2.75, 3.05) is 5.32 Å². The molecule has 2 aromatic carbocycles. The van der Waals surface area contributed by atoms with Gasteiger partial charge in [-0.05, 0) is 37.1 Å². The number of carbonyl (C=O) groups is 2. The molecule has 0 radical (unpaired) electrons. The van der Waals surface area contributed by atoms with Gasteiger partial charge < -0.3 is 10.6 Å². The van der Waals surface area contributed by atoms with Crippen LogP contribution in [0.4, 0.5) is 18.9 Å². The second-order valence-corrected chi connectivity index (χ2v) is 6.25. The van der Waals surface area contributed by atoms with E-state index < -0.39 is 17.6 Å². The summed E-state index contributed by atoms with van der Waals surface area (Å²) in [5.74, 6) is -0.822. The Morgan fingerprint density at radius 3 is 2.44 bits per heavy atom. The minimum absolute atomic E-state index is 0.0219. The molecule has 0 heterocycles. The Hall–Kier alpha value is -2.83. The molecule has 2 aromatic rings. The fourth-order valence-corrected chi connectivity index (χ4v) is 2.43. The molecule has 27 heavy (non-hydrogen) atoms. The molecule has 0 unspecified atom stereocenters. The fourth-order valence-electron chi connectivity index (χ4n) is 2.43. The molecule has 2 rings (SSSR count). The lowest BCUT2D eigenvalue weighted by molar-refractivity contribution is -0.137. The van der Waals surface area contributed by atoms with Gasteiger partial charge in [-0.2, -0.15) is 13.2 Å². The van der Waals surface area contributed by atoms with Crippen LogP contribution < -0.4 is 10.6 Å². The number of halogens is 3. The van der Waals surface area contributed by atoms with Gasteiger partial charge in [0.15, 0.2) is 0 Å². The highest BCUT2D eigenvalue weighted by Gasteiger charge is 2.30. The molecule has 144 valence electrons. The van der Waals surface area contributed by atoms with E-state index in [-0.39, 0.29) is 23.9 Å². The molecule has 0 aromatic heterocycles. The summed E-state index contributed by atoms with van der Waals surface area (Å²) in [6.07, 6.45) is -3.94. The molecule has 0 bridgehead atoms. The van der Waals surface area contributed by atoms with Crippen molar-refractivity contribution in [2.24, 2.45) is 0 Å². The minimum atomic E-state index is -4.47. The van der Waals surface area contributed by atoms with E-state index in [4.69, 9.17) is 0 Å². The highest BCUT2D eigenvalue weighted by molar-refractivity contribution is 6.04. The van der Waals surface area contributed by atoms with Crippen LogP contribution in [-0.2, 0) is 17.4 Å². The molecular formula is C20H21F3N2O2. The topological polar surface area (TPSA) is 58.2 Å². The smallest absolute Gasteiger partial charge is 0.350 e. The lowest BCUT2D eigenvalue weighted by Gasteiger charge is -2.15. The second-order valence-electron chi connectivity index (χ2n) is 6.25. The first-order chi connectivity index (χ1) is 12.7. The van der Waals surface area contributed by atoms with Crippen LogP contribution in [0.1, 0.15) is 41.8 Å². The zero-order valence-electron chi connectivity index (χ0n) is 15.1. The number of carbonyl (C=O) groups excluding carboxylic acids is 2. The van der Waals surface area contributed by atoms with Crippen molar-refractivity contribution in [1.29, 1.82) is 0 Å². The molecule has 0 aliphatic carbocycles. The third-order valence-corrected chi connectivity index (χ3v) is 4.05. The van der Waals surface area contributed by atoms with Crippen LogP contribution in [0.2, 0.25) is 0 Å². The third kappa shape index (κ3) is 5.84. The van der Waals surface area contributed by atoms with Gasteiger partial charge in [0.05, 0.1) is 23.2 Å². The van der Waals surface area contributed by atoms with Crippen molar-refractivity contribution in [2.45, 2.75) is 38.9 Å². The van der Waals surface area contributed by atoms with Gasteiger partial charge in [0.2, 0.25) is 5.91 Å². The predicted molar refractivity (Wildman–Crippen MR) is 97.4 cm³/mol. The number of para-hydroxylation sites is 1. The van der Waals surface area contributed by atoms with E-state index >= 15 is 0 Å². The normalized spacial score (nSPS) is 12.3. The molecule has 0 aliphatic rings. The zero-order chi connectivity index (χ0) is 20.0. The molecule has 4 nitrogen and oxygen atoms in total. The van der Waals surface area contributed by atoms with Crippen LogP contribution in [0.15, 0.2) is 48.5 Å². The Balaban J connectivity index is 2.12. The standard InChI is InChI=1S/C20H21F3N2O2/c1-3-13(2)24-19(27)16-9-4-5-10-17(16)25-18(26)12-14-7-6-8-15(11-14)20(21,22)23/h4-11,13H,3,12H2,1-2H3,(H,24,27)(H,25,26)/t13-/m1/s1. The first kappa shape index (κ1) is 20.5. The molecule has 0 saturated carbocycles. The predicted octanol–water partition coefficient (Wildman–Crippen LogP) is 4.41. The average Bonchev–Trinajstić information content (AvgIpc) is 2.61. The number of hydrogen-bond acceptors (Lipinski definition) is 2. The summed E-state index contributed by atoms with van der Waals surface area (Å²) in [5, 5.41) is 5.43. The summed E-state index contributed by atoms with van der Waals surface area (Å²) in [7, 11) is 0. The molecule has 0 aliphatic heterocycles. The van der Waals surface area contributed by atoms with Crippen LogP contribution in [-0.4, -0.2) is 17.9 Å². The van der Waals surface area contributed by atoms with Crippen LogP contribution in [0.5, 0.6) is 0 Å². The van der Waals surface area contributed by atoms with Crippen molar-refractivity contribution >= 4 is 17.5 Å². The first-order valence-corrected chi connectivity index (χ1v) is 8.56. The van der Waals surface area contributed by atoms with Gasteiger partial charge in [-0.15, -0.1) is 0 Å². The molecular weight excluding hydrogens is 357 g/mol. The highest BCUT2D eigenvalue weighted by Crippen LogP contribution is 2.29. The van der Waals surface area contributed by atoms with E-state index in [0.717, 1.165) is 18.6 Å². The van der Waals surface area contributed by atoms with Crippen molar-refractivity contribution in [3.8, 4) is 0 Å². The molecule has 0 saturated heterocycles. The first-order valence-electron chi connectivity index (χ1n) is 8.56. The summed E-state index contributed by atoms with van der Waals surface area (Å²) in [6, 6.07) is 11.1. The van der Waals surface area contributed by atoms with E-state index in [1.807, 2.05) is 13.8 Å². The quantitative estimate of drug-likeness (QED) is 0.782. The summed E-state index contributed by atoms with van der Waals surface area (Å²) in [4.78, 5) is 24.6. The SMILES string of the molecule is CC[C@@H](C)NC(=O)c1ccccc1NC(=O)Cc1cccc(C(F)(F)F)c1. The number of nitrogens with one attached hydrogen (secondary N) is 2. The largest absolute Gasteiger partial charge is 0.416 e.